The van der Waals surface area contributed by atoms with E-state index in [9.17, 15) is 14.7 Å². The van der Waals surface area contributed by atoms with E-state index in [4.69, 9.17) is 4.98 Å². The van der Waals surface area contributed by atoms with Crippen LogP contribution in [0.15, 0.2) is 24.3 Å². The summed E-state index contributed by atoms with van der Waals surface area (Å²) in [7, 11) is 0. The van der Waals surface area contributed by atoms with Gasteiger partial charge in [-0.25, -0.2) is 9.78 Å². The molecule has 0 atom stereocenters. The van der Waals surface area contributed by atoms with Crippen molar-refractivity contribution >= 4 is 17.6 Å². The Morgan fingerprint density at radius 1 is 1.12 bits per heavy atom. The summed E-state index contributed by atoms with van der Waals surface area (Å²) in [5.41, 5.74) is 2.34. The van der Waals surface area contributed by atoms with Gasteiger partial charge in [0.1, 0.15) is 11.5 Å². The Morgan fingerprint density at radius 3 is 2.56 bits per heavy atom. The molecule has 2 aliphatic rings. The van der Waals surface area contributed by atoms with Crippen LogP contribution < -0.4 is 5.32 Å². The van der Waals surface area contributed by atoms with E-state index in [1.54, 1.807) is 12.1 Å². The second-order valence-corrected chi connectivity index (χ2v) is 10.00. The van der Waals surface area contributed by atoms with Crippen LogP contribution in [0, 0.1) is 5.41 Å². The Morgan fingerprint density at radius 2 is 1.84 bits per heavy atom. The molecule has 2 aromatic rings. The van der Waals surface area contributed by atoms with E-state index in [2.05, 4.69) is 17.2 Å². The van der Waals surface area contributed by atoms with Crippen LogP contribution in [-0.2, 0) is 6.42 Å². The first kappa shape index (κ1) is 22.6. The van der Waals surface area contributed by atoms with Crippen LogP contribution in [0.5, 0.6) is 0 Å². The Bertz CT molecular complexity index is 953. The molecule has 6 heteroatoms. The first-order chi connectivity index (χ1) is 15.4. The largest absolute Gasteiger partial charge is 0.478 e. The quantitative estimate of drug-likeness (QED) is 0.473. The van der Waals surface area contributed by atoms with Crippen LogP contribution in [-0.4, -0.2) is 27.0 Å². The van der Waals surface area contributed by atoms with Gasteiger partial charge in [-0.05, 0) is 62.1 Å². The van der Waals surface area contributed by atoms with E-state index in [1.807, 2.05) is 0 Å². The molecule has 0 radical (unpaired) electrons. The molecule has 3 N–H and O–H groups in total. The van der Waals surface area contributed by atoms with Crippen molar-refractivity contribution in [2.24, 2.45) is 5.41 Å². The van der Waals surface area contributed by atoms with Crippen LogP contribution in [0.2, 0.25) is 0 Å². The van der Waals surface area contributed by atoms with Gasteiger partial charge in [0.25, 0.3) is 5.91 Å². The maximum Gasteiger partial charge on any atom is 0.335 e. The Labute approximate surface area is 190 Å². The number of nitrogens with one attached hydrogen (secondary N) is 2. The number of aromatic nitrogens is 2. The smallest absolute Gasteiger partial charge is 0.335 e. The molecule has 4 rings (SSSR count). The molecular weight excluding hydrogens is 402 g/mol. The molecule has 0 spiro atoms. The van der Waals surface area contributed by atoms with Gasteiger partial charge in [0.05, 0.1) is 5.56 Å². The number of hydrogen-bond donors (Lipinski definition) is 3. The number of nitrogens with zero attached hydrogens (tertiary/aromatic N) is 1. The first-order valence-corrected chi connectivity index (χ1v) is 12.2. The zero-order chi connectivity index (χ0) is 22.6. The van der Waals surface area contributed by atoms with Crippen molar-refractivity contribution in [3.63, 3.8) is 0 Å². The summed E-state index contributed by atoms with van der Waals surface area (Å²) in [6.45, 7) is 2.38. The van der Waals surface area contributed by atoms with E-state index in [-0.39, 0.29) is 11.5 Å². The lowest BCUT2D eigenvalue weighted by molar-refractivity contribution is 0.0696. The lowest BCUT2D eigenvalue weighted by Gasteiger charge is -2.33. The lowest BCUT2D eigenvalue weighted by atomic mass is 9.72. The van der Waals surface area contributed by atoms with Crippen molar-refractivity contribution in [2.75, 3.05) is 5.32 Å². The molecule has 2 aliphatic carbocycles. The number of aromatic amines is 1. The third-order valence-electron chi connectivity index (χ3n) is 7.41. The van der Waals surface area contributed by atoms with Gasteiger partial charge in [-0.15, -0.1) is 0 Å². The molecule has 1 aromatic heterocycles. The highest BCUT2D eigenvalue weighted by molar-refractivity contribution is 6.04. The SMILES string of the molecule is CC1(CCc2[nH]c(C3CCCCC3)nc2C(=O)Nc2cccc(C(=O)O)c2)CCCCC1. The topological polar surface area (TPSA) is 95.1 Å². The number of H-pyrrole nitrogens is 1. The third kappa shape index (κ3) is 5.40. The Balaban J connectivity index is 1.55. The monoisotopic (exact) mass is 437 g/mol. The predicted molar refractivity (Wildman–Crippen MR) is 125 cm³/mol. The van der Waals surface area contributed by atoms with Crippen LogP contribution >= 0.6 is 0 Å². The molecule has 0 unspecified atom stereocenters. The first-order valence-electron chi connectivity index (χ1n) is 12.2. The molecule has 32 heavy (non-hydrogen) atoms. The molecule has 0 saturated heterocycles. The van der Waals surface area contributed by atoms with E-state index in [0.717, 1.165) is 37.2 Å². The van der Waals surface area contributed by atoms with Crippen molar-refractivity contribution in [2.45, 2.75) is 89.9 Å². The number of rotatable bonds is 7. The highest BCUT2D eigenvalue weighted by Gasteiger charge is 2.29. The van der Waals surface area contributed by atoms with E-state index in [0.29, 0.717) is 22.7 Å². The fourth-order valence-corrected chi connectivity index (χ4v) is 5.37. The van der Waals surface area contributed by atoms with Gasteiger partial charge in [-0.2, -0.15) is 0 Å². The van der Waals surface area contributed by atoms with Gasteiger partial charge in [0, 0.05) is 17.3 Å². The maximum atomic E-state index is 13.2. The summed E-state index contributed by atoms with van der Waals surface area (Å²) in [5.74, 6) is 0.0547. The highest BCUT2D eigenvalue weighted by Crippen LogP contribution is 2.40. The number of carboxylic acids is 1. The summed E-state index contributed by atoms with van der Waals surface area (Å²) in [6, 6.07) is 6.35. The fourth-order valence-electron chi connectivity index (χ4n) is 5.37. The number of carboxylic acid groups (broad SMARTS) is 1. The highest BCUT2D eigenvalue weighted by atomic mass is 16.4. The lowest BCUT2D eigenvalue weighted by Crippen LogP contribution is -2.22. The normalized spacial score (nSPS) is 18.9. The van der Waals surface area contributed by atoms with Crippen LogP contribution in [0.4, 0.5) is 5.69 Å². The number of carbonyl (C=O) groups excluding carboxylic acids is 1. The fraction of sp³-hybridized carbons (Fsp3) is 0.577. The van der Waals surface area contributed by atoms with Gasteiger partial charge < -0.3 is 15.4 Å². The van der Waals surface area contributed by atoms with E-state index >= 15 is 0 Å². The minimum absolute atomic E-state index is 0.151. The molecule has 1 heterocycles. The number of benzene rings is 1. The van der Waals surface area contributed by atoms with Crippen LogP contribution in [0.1, 0.15) is 116 Å². The standard InChI is InChI=1S/C26H35N3O3/c1-26(14-6-3-7-15-26)16-13-21-22(29-23(28-21)18-9-4-2-5-10-18)24(30)27-20-12-8-11-19(17-20)25(31)32/h8,11-12,17-18H,2-7,9-10,13-16H2,1H3,(H,27,30)(H,28,29)(H,31,32). The minimum atomic E-state index is -1.01. The maximum absolute atomic E-state index is 13.2. The molecule has 0 aliphatic heterocycles. The molecule has 0 bridgehead atoms. The van der Waals surface area contributed by atoms with Crippen molar-refractivity contribution in [3.05, 3.63) is 47.0 Å². The zero-order valence-electron chi connectivity index (χ0n) is 19.1. The summed E-state index contributed by atoms with van der Waals surface area (Å²) < 4.78 is 0. The third-order valence-corrected chi connectivity index (χ3v) is 7.41. The number of imidazole rings is 1. The molecule has 6 nitrogen and oxygen atoms in total. The van der Waals surface area contributed by atoms with Crippen LogP contribution in [0.25, 0.3) is 0 Å². The molecule has 1 aromatic carbocycles. The summed E-state index contributed by atoms with van der Waals surface area (Å²) in [4.78, 5) is 32.8. The number of hydrogen-bond acceptors (Lipinski definition) is 3. The second kappa shape index (κ2) is 9.88. The van der Waals surface area contributed by atoms with E-state index in [1.165, 1.54) is 63.5 Å². The number of anilines is 1. The number of carbonyl (C=O) groups is 2. The van der Waals surface area contributed by atoms with Gasteiger partial charge in [0.15, 0.2) is 0 Å². The number of aromatic carboxylic acids is 1. The molecule has 172 valence electrons. The average molecular weight is 438 g/mol. The minimum Gasteiger partial charge on any atom is -0.478 e. The Kier molecular flexibility index (Phi) is 6.97. The second-order valence-electron chi connectivity index (χ2n) is 10.00. The molecular formula is C26H35N3O3. The average Bonchev–Trinajstić information content (AvgIpc) is 3.24. The van der Waals surface area contributed by atoms with E-state index < -0.39 is 5.97 Å². The summed E-state index contributed by atoms with van der Waals surface area (Å²) in [5, 5.41) is 12.1. The molecule has 2 saturated carbocycles. The van der Waals surface area contributed by atoms with Crippen molar-refractivity contribution < 1.29 is 14.7 Å². The van der Waals surface area contributed by atoms with Crippen LogP contribution in [0.3, 0.4) is 0 Å². The molecule has 2 fully saturated rings. The van der Waals surface area contributed by atoms with Gasteiger partial charge in [-0.1, -0.05) is 51.5 Å². The van der Waals surface area contributed by atoms with Crippen molar-refractivity contribution in [3.8, 4) is 0 Å². The number of amides is 1. The van der Waals surface area contributed by atoms with Crippen molar-refractivity contribution in [1.29, 1.82) is 0 Å². The molecule has 1 amide bonds. The van der Waals surface area contributed by atoms with Gasteiger partial charge in [-0.3, -0.25) is 4.79 Å². The van der Waals surface area contributed by atoms with Gasteiger partial charge in [0.2, 0.25) is 0 Å². The zero-order valence-corrected chi connectivity index (χ0v) is 19.1. The van der Waals surface area contributed by atoms with Crippen molar-refractivity contribution in [1.82, 2.24) is 9.97 Å². The number of aryl methyl sites for hydroxylation is 1. The van der Waals surface area contributed by atoms with Gasteiger partial charge >= 0.3 is 5.97 Å². The summed E-state index contributed by atoms with van der Waals surface area (Å²) in [6.07, 6.45) is 14.2. The summed E-state index contributed by atoms with van der Waals surface area (Å²) >= 11 is 0. The Hall–Kier alpha value is -2.63. The predicted octanol–water partition coefficient (Wildman–Crippen LogP) is 6.31.